The summed E-state index contributed by atoms with van der Waals surface area (Å²) in [4.78, 5) is 0. The van der Waals surface area contributed by atoms with Gasteiger partial charge < -0.3 is 0 Å². The molecule has 10 heavy (non-hydrogen) atoms. The van der Waals surface area contributed by atoms with Crippen molar-refractivity contribution in [2.45, 2.75) is 27.1 Å². The average Bonchev–Trinajstić information content (AvgIpc) is 2.13. The van der Waals surface area contributed by atoms with Gasteiger partial charge in [-0.25, -0.2) is 9.07 Å². The molecule has 0 spiro atoms. The van der Waals surface area contributed by atoms with Crippen LogP contribution in [0.25, 0.3) is 0 Å². The zero-order valence-corrected chi connectivity index (χ0v) is 6.43. The fraction of sp³-hybridized carbons (Fsp3) is 0.571. The maximum Gasteiger partial charge on any atom is 0.188 e. The summed E-state index contributed by atoms with van der Waals surface area (Å²) in [6.45, 7) is 5.25. The van der Waals surface area contributed by atoms with Crippen LogP contribution in [0.4, 0.5) is 4.39 Å². The fourth-order valence-corrected chi connectivity index (χ4v) is 0.755. The summed E-state index contributed by atoms with van der Waals surface area (Å²) < 4.78 is 13.9. The molecule has 0 saturated heterocycles. The lowest BCUT2D eigenvalue weighted by molar-refractivity contribution is 0.244. The number of halogens is 1. The second kappa shape index (κ2) is 2.40. The molecule has 0 aliphatic rings. The Morgan fingerprint density at radius 1 is 1.60 bits per heavy atom. The van der Waals surface area contributed by atoms with Gasteiger partial charge in [0.15, 0.2) is 6.30 Å². The molecular weight excluding hydrogens is 131 g/mol. The minimum atomic E-state index is -1.02. The monoisotopic (exact) mass is 142 g/mol. The van der Waals surface area contributed by atoms with E-state index in [1.165, 1.54) is 11.6 Å². The van der Waals surface area contributed by atoms with Crippen molar-refractivity contribution in [3.05, 3.63) is 17.5 Å². The van der Waals surface area contributed by atoms with Crippen LogP contribution < -0.4 is 0 Å². The van der Waals surface area contributed by atoms with E-state index in [-0.39, 0.29) is 0 Å². The summed E-state index contributed by atoms with van der Waals surface area (Å²) in [7, 11) is 0. The van der Waals surface area contributed by atoms with E-state index in [9.17, 15) is 4.39 Å². The lowest BCUT2D eigenvalue weighted by Gasteiger charge is -1.98. The van der Waals surface area contributed by atoms with Crippen molar-refractivity contribution < 1.29 is 4.39 Å². The molecule has 1 aromatic rings. The first-order valence-corrected chi connectivity index (χ1v) is 3.27. The Labute approximate surface area is 59.7 Å². The Morgan fingerprint density at radius 2 is 2.20 bits per heavy atom. The summed E-state index contributed by atoms with van der Waals surface area (Å²) >= 11 is 0. The summed E-state index contributed by atoms with van der Waals surface area (Å²) in [5, 5.41) is 3.95. The summed E-state index contributed by atoms with van der Waals surface area (Å²) in [6.07, 6.45) is 0.687. The van der Waals surface area contributed by atoms with Gasteiger partial charge in [0.1, 0.15) is 0 Å². The number of alkyl halides is 1. The van der Waals surface area contributed by atoms with Gasteiger partial charge in [0, 0.05) is 6.20 Å². The van der Waals surface area contributed by atoms with E-state index in [1.54, 1.807) is 6.20 Å². The molecule has 56 valence electrons. The number of nitrogens with zero attached hydrogens (tertiary/aromatic N) is 2. The van der Waals surface area contributed by atoms with Crippen LogP contribution >= 0.6 is 0 Å². The molecule has 0 N–H and O–H groups in total. The average molecular weight is 142 g/mol. The first-order valence-electron chi connectivity index (χ1n) is 3.27. The van der Waals surface area contributed by atoms with Gasteiger partial charge in [0.05, 0.1) is 5.69 Å². The van der Waals surface area contributed by atoms with Gasteiger partial charge in [-0.3, -0.25) is 0 Å². The predicted molar refractivity (Wildman–Crippen MR) is 37.5 cm³/mol. The summed E-state index contributed by atoms with van der Waals surface area (Å²) in [5.41, 5.74) is 1.93. The molecule has 3 heteroatoms. The first-order chi connectivity index (χ1) is 4.61. The van der Waals surface area contributed by atoms with Gasteiger partial charge in [0.25, 0.3) is 0 Å². The van der Waals surface area contributed by atoms with Crippen LogP contribution in [0.15, 0.2) is 6.20 Å². The largest absolute Gasteiger partial charge is 0.239 e. The van der Waals surface area contributed by atoms with Crippen molar-refractivity contribution >= 4 is 0 Å². The van der Waals surface area contributed by atoms with Gasteiger partial charge in [-0.15, -0.1) is 0 Å². The van der Waals surface area contributed by atoms with E-state index in [4.69, 9.17) is 0 Å². The molecule has 0 aliphatic carbocycles. The Morgan fingerprint density at radius 3 is 2.40 bits per heavy atom. The minimum absolute atomic E-state index is 0.893. The van der Waals surface area contributed by atoms with Crippen LogP contribution in [0.1, 0.15) is 24.5 Å². The Balaban J connectivity index is 2.98. The quantitative estimate of drug-likeness (QED) is 0.586. The standard InChI is InChI=1S/C7H11FN2/c1-5-4-10(7(3)8)9-6(5)2/h4,7H,1-3H3. The van der Waals surface area contributed by atoms with E-state index in [1.807, 2.05) is 13.8 Å². The molecule has 0 aliphatic heterocycles. The Kier molecular flexibility index (Phi) is 1.74. The molecule has 1 atom stereocenters. The molecule has 1 unspecified atom stereocenters. The SMILES string of the molecule is Cc1cn(C(C)F)nc1C. The molecule has 0 radical (unpaired) electrons. The van der Waals surface area contributed by atoms with E-state index in [2.05, 4.69) is 5.10 Å². The highest BCUT2D eigenvalue weighted by Crippen LogP contribution is 2.09. The smallest absolute Gasteiger partial charge is 0.188 e. The van der Waals surface area contributed by atoms with Crippen LogP contribution in [0.2, 0.25) is 0 Å². The van der Waals surface area contributed by atoms with Gasteiger partial charge in [0.2, 0.25) is 0 Å². The maximum absolute atomic E-state index is 12.5. The zero-order valence-electron chi connectivity index (χ0n) is 6.43. The van der Waals surface area contributed by atoms with Gasteiger partial charge in [-0.05, 0) is 26.3 Å². The van der Waals surface area contributed by atoms with Crippen LogP contribution in [0, 0.1) is 13.8 Å². The lowest BCUT2D eigenvalue weighted by Crippen LogP contribution is -1.99. The molecule has 2 nitrogen and oxygen atoms in total. The molecule has 1 aromatic heterocycles. The molecule has 0 fully saturated rings. The van der Waals surface area contributed by atoms with Crippen molar-refractivity contribution in [1.82, 2.24) is 9.78 Å². The summed E-state index contributed by atoms with van der Waals surface area (Å²) in [6, 6.07) is 0. The predicted octanol–water partition coefficient (Wildman–Crippen LogP) is 1.99. The third-order valence-corrected chi connectivity index (χ3v) is 1.53. The van der Waals surface area contributed by atoms with Crippen molar-refractivity contribution in [3.8, 4) is 0 Å². The van der Waals surface area contributed by atoms with E-state index < -0.39 is 6.30 Å². The van der Waals surface area contributed by atoms with Gasteiger partial charge in [-0.1, -0.05) is 0 Å². The van der Waals surface area contributed by atoms with Crippen molar-refractivity contribution in [2.24, 2.45) is 0 Å². The van der Waals surface area contributed by atoms with E-state index >= 15 is 0 Å². The summed E-state index contributed by atoms with van der Waals surface area (Å²) in [5.74, 6) is 0. The first kappa shape index (κ1) is 7.25. The third-order valence-electron chi connectivity index (χ3n) is 1.53. The molecule has 1 rings (SSSR count). The van der Waals surface area contributed by atoms with Gasteiger partial charge in [-0.2, -0.15) is 5.10 Å². The normalized spacial score (nSPS) is 13.6. The van der Waals surface area contributed by atoms with Crippen molar-refractivity contribution in [2.75, 3.05) is 0 Å². The Bertz CT molecular complexity index is 208. The number of rotatable bonds is 1. The lowest BCUT2D eigenvalue weighted by atomic mass is 10.3. The highest BCUT2D eigenvalue weighted by Gasteiger charge is 2.03. The Hall–Kier alpha value is -0.860. The molecule has 0 aromatic carbocycles. The number of aromatic nitrogens is 2. The van der Waals surface area contributed by atoms with Crippen LogP contribution in [0.5, 0.6) is 0 Å². The third kappa shape index (κ3) is 1.17. The molecule has 0 amide bonds. The molecular formula is C7H11FN2. The number of aryl methyl sites for hydroxylation is 2. The second-order valence-electron chi connectivity index (χ2n) is 2.45. The number of hydrogen-bond donors (Lipinski definition) is 0. The van der Waals surface area contributed by atoms with Crippen molar-refractivity contribution in [3.63, 3.8) is 0 Å². The van der Waals surface area contributed by atoms with E-state index in [0.717, 1.165) is 11.3 Å². The zero-order chi connectivity index (χ0) is 7.72. The molecule has 1 heterocycles. The van der Waals surface area contributed by atoms with Gasteiger partial charge >= 0.3 is 0 Å². The van der Waals surface area contributed by atoms with Crippen molar-refractivity contribution in [1.29, 1.82) is 0 Å². The molecule has 0 saturated carbocycles. The topological polar surface area (TPSA) is 17.8 Å². The van der Waals surface area contributed by atoms with Crippen LogP contribution in [0.3, 0.4) is 0 Å². The minimum Gasteiger partial charge on any atom is -0.239 e. The van der Waals surface area contributed by atoms with Crippen LogP contribution in [-0.4, -0.2) is 9.78 Å². The fourth-order valence-electron chi connectivity index (χ4n) is 0.755. The number of hydrogen-bond acceptors (Lipinski definition) is 1. The van der Waals surface area contributed by atoms with E-state index in [0.29, 0.717) is 0 Å². The van der Waals surface area contributed by atoms with Crippen LogP contribution in [-0.2, 0) is 0 Å². The second-order valence-corrected chi connectivity index (χ2v) is 2.45. The maximum atomic E-state index is 12.5. The highest BCUT2D eigenvalue weighted by molar-refractivity contribution is 5.12. The molecule has 0 bridgehead atoms. The highest BCUT2D eigenvalue weighted by atomic mass is 19.1.